The molecule has 0 N–H and O–H groups in total. The fourth-order valence-electron chi connectivity index (χ4n) is 4.01. The van der Waals surface area contributed by atoms with E-state index in [0.717, 1.165) is 29.7 Å². The number of piperidine rings is 1. The van der Waals surface area contributed by atoms with Crippen LogP contribution in [0.25, 0.3) is 11.4 Å². The highest BCUT2D eigenvalue weighted by Crippen LogP contribution is 2.31. The Morgan fingerprint density at radius 3 is 2.36 bits per heavy atom. The third kappa shape index (κ3) is 5.28. The number of ether oxygens (including phenoxy) is 1. The van der Waals surface area contributed by atoms with Crippen molar-refractivity contribution in [2.45, 2.75) is 63.4 Å². The van der Waals surface area contributed by atoms with Crippen molar-refractivity contribution in [3.8, 4) is 17.1 Å². The average molecular weight is 470 g/mol. The van der Waals surface area contributed by atoms with Crippen LogP contribution in [0.15, 0.2) is 57.9 Å². The molecule has 0 spiro atoms. The van der Waals surface area contributed by atoms with Crippen LogP contribution in [0.5, 0.6) is 5.75 Å². The van der Waals surface area contributed by atoms with Crippen molar-refractivity contribution in [1.82, 2.24) is 14.4 Å². The Morgan fingerprint density at radius 2 is 1.73 bits per heavy atom. The lowest BCUT2D eigenvalue weighted by atomic mass is 10.00. The van der Waals surface area contributed by atoms with Crippen LogP contribution in [0.1, 0.15) is 63.8 Å². The van der Waals surface area contributed by atoms with Crippen LogP contribution in [0.2, 0.25) is 0 Å². The van der Waals surface area contributed by atoms with E-state index in [1.165, 1.54) is 4.31 Å². The van der Waals surface area contributed by atoms with Crippen LogP contribution in [0, 0.1) is 0 Å². The molecular weight excluding hydrogens is 438 g/mol. The molecule has 3 aromatic rings. The summed E-state index contributed by atoms with van der Waals surface area (Å²) in [6.07, 6.45) is 1.65. The largest absolute Gasteiger partial charge is 0.491 e. The van der Waals surface area contributed by atoms with Crippen molar-refractivity contribution in [3.63, 3.8) is 0 Å². The fraction of sp³-hybridized carbons (Fsp3) is 0.440. The zero-order valence-corrected chi connectivity index (χ0v) is 20.4. The summed E-state index contributed by atoms with van der Waals surface area (Å²) in [5.41, 5.74) is 1.94. The van der Waals surface area contributed by atoms with E-state index in [4.69, 9.17) is 9.26 Å². The Balaban J connectivity index is 1.48. The first kappa shape index (κ1) is 23.4. The van der Waals surface area contributed by atoms with Crippen LogP contribution in [-0.2, 0) is 10.0 Å². The lowest BCUT2D eigenvalue weighted by molar-refractivity contribution is 0.242. The maximum absolute atomic E-state index is 13.2. The third-order valence-electron chi connectivity index (χ3n) is 5.84. The average Bonchev–Trinajstić information content (AvgIpc) is 3.30. The number of hydrogen-bond acceptors (Lipinski definition) is 6. The summed E-state index contributed by atoms with van der Waals surface area (Å²) in [7, 11) is -3.58. The van der Waals surface area contributed by atoms with Gasteiger partial charge in [-0.05, 0) is 74.6 Å². The molecule has 4 rings (SSSR count). The Labute approximate surface area is 195 Å². The van der Waals surface area contributed by atoms with Crippen LogP contribution in [0.3, 0.4) is 0 Å². The highest BCUT2D eigenvalue weighted by molar-refractivity contribution is 7.89. The molecule has 0 bridgehead atoms. The molecule has 1 aliphatic rings. The second-order valence-electron chi connectivity index (χ2n) is 9.07. The predicted molar refractivity (Wildman–Crippen MR) is 127 cm³/mol. The lowest BCUT2D eigenvalue weighted by Crippen LogP contribution is -2.39. The van der Waals surface area contributed by atoms with Crippen molar-refractivity contribution in [2.75, 3.05) is 13.1 Å². The molecule has 1 atom stereocenters. The van der Waals surface area contributed by atoms with Crippen molar-refractivity contribution < 1.29 is 17.7 Å². The molecule has 0 radical (unpaired) electrons. The van der Waals surface area contributed by atoms with Gasteiger partial charge in [-0.3, -0.25) is 0 Å². The minimum Gasteiger partial charge on any atom is -0.491 e. The van der Waals surface area contributed by atoms with Gasteiger partial charge in [0, 0.05) is 18.7 Å². The standard InChI is InChI=1S/C25H31N3O4S/c1-17(2)19-9-13-23(14-10-19)33(29,30)28-15-5-6-21(16-28)25-26-24(27-32-25)20-7-11-22(12-8-20)31-18(3)4/h7-14,17-18,21H,5-6,15-16H2,1-4H3. The van der Waals surface area contributed by atoms with Gasteiger partial charge in [-0.25, -0.2) is 8.42 Å². The van der Waals surface area contributed by atoms with Gasteiger partial charge in [0.15, 0.2) is 0 Å². The highest BCUT2D eigenvalue weighted by atomic mass is 32.2. The quantitative estimate of drug-likeness (QED) is 0.472. The zero-order valence-electron chi connectivity index (χ0n) is 19.6. The van der Waals surface area contributed by atoms with E-state index in [1.807, 2.05) is 50.2 Å². The Kier molecular flexibility index (Phi) is 6.86. The predicted octanol–water partition coefficient (Wildman–Crippen LogP) is 5.22. The van der Waals surface area contributed by atoms with Crippen molar-refractivity contribution in [1.29, 1.82) is 0 Å². The van der Waals surface area contributed by atoms with E-state index in [-0.39, 0.29) is 12.0 Å². The molecule has 176 valence electrons. The lowest BCUT2D eigenvalue weighted by Gasteiger charge is -2.30. The molecule has 0 saturated carbocycles. The molecule has 2 heterocycles. The molecule has 1 unspecified atom stereocenters. The van der Waals surface area contributed by atoms with Gasteiger partial charge in [-0.2, -0.15) is 9.29 Å². The van der Waals surface area contributed by atoms with E-state index >= 15 is 0 Å². The van der Waals surface area contributed by atoms with Gasteiger partial charge in [-0.15, -0.1) is 0 Å². The second-order valence-corrected chi connectivity index (χ2v) is 11.0. The van der Waals surface area contributed by atoms with Gasteiger partial charge in [-0.1, -0.05) is 31.1 Å². The monoisotopic (exact) mass is 469 g/mol. The van der Waals surface area contributed by atoms with E-state index < -0.39 is 10.0 Å². The van der Waals surface area contributed by atoms with Gasteiger partial charge in [0.1, 0.15) is 5.75 Å². The van der Waals surface area contributed by atoms with Gasteiger partial charge < -0.3 is 9.26 Å². The highest BCUT2D eigenvalue weighted by Gasteiger charge is 2.33. The number of sulfonamides is 1. The molecule has 1 aromatic heterocycles. The summed E-state index contributed by atoms with van der Waals surface area (Å²) >= 11 is 0. The second kappa shape index (κ2) is 9.65. The molecule has 33 heavy (non-hydrogen) atoms. The molecular formula is C25H31N3O4S. The van der Waals surface area contributed by atoms with E-state index in [0.29, 0.717) is 35.6 Å². The number of rotatable bonds is 7. The van der Waals surface area contributed by atoms with E-state index in [1.54, 1.807) is 12.1 Å². The minimum atomic E-state index is -3.58. The smallest absolute Gasteiger partial charge is 0.243 e. The maximum Gasteiger partial charge on any atom is 0.243 e. The number of nitrogens with zero attached hydrogens (tertiary/aromatic N) is 3. The van der Waals surface area contributed by atoms with Crippen LogP contribution in [-0.4, -0.2) is 42.1 Å². The van der Waals surface area contributed by atoms with Crippen LogP contribution >= 0.6 is 0 Å². The van der Waals surface area contributed by atoms with Gasteiger partial charge in [0.05, 0.1) is 16.9 Å². The van der Waals surface area contributed by atoms with E-state index in [2.05, 4.69) is 24.0 Å². The Bertz CT molecular complexity index is 1170. The summed E-state index contributed by atoms with van der Waals surface area (Å²) < 4.78 is 39.2. The van der Waals surface area contributed by atoms with Crippen molar-refractivity contribution in [2.24, 2.45) is 0 Å². The summed E-state index contributed by atoms with van der Waals surface area (Å²) in [5, 5.41) is 4.13. The molecule has 1 aliphatic heterocycles. The first-order valence-corrected chi connectivity index (χ1v) is 12.9. The fourth-order valence-corrected chi connectivity index (χ4v) is 5.53. The van der Waals surface area contributed by atoms with E-state index in [9.17, 15) is 8.42 Å². The number of aromatic nitrogens is 2. The minimum absolute atomic E-state index is 0.103. The molecule has 0 aliphatic carbocycles. The molecule has 8 heteroatoms. The normalized spacial score (nSPS) is 17.6. The first-order chi connectivity index (χ1) is 15.7. The molecule has 2 aromatic carbocycles. The maximum atomic E-state index is 13.2. The summed E-state index contributed by atoms with van der Waals surface area (Å²) in [6.45, 7) is 8.96. The first-order valence-electron chi connectivity index (χ1n) is 11.4. The number of benzene rings is 2. The topological polar surface area (TPSA) is 85.5 Å². The third-order valence-corrected chi connectivity index (χ3v) is 7.72. The van der Waals surface area contributed by atoms with Crippen LogP contribution in [0.4, 0.5) is 0 Å². The van der Waals surface area contributed by atoms with Crippen molar-refractivity contribution >= 4 is 10.0 Å². The summed E-state index contributed by atoms with van der Waals surface area (Å²) in [4.78, 5) is 4.90. The molecule has 1 saturated heterocycles. The molecule has 1 fully saturated rings. The van der Waals surface area contributed by atoms with Crippen LogP contribution < -0.4 is 4.74 Å². The summed E-state index contributed by atoms with van der Waals surface area (Å²) in [5.74, 6) is 1.97. The Morgan fingerprint density at radius 1 is 1.03 bits per heavy atom. The van der Waals surface area contributed by atoms with Gasteiger partial charge >= 0.3 is 0 Å². The zero-order chi connectivity index (χ0) is 23.6. The van der Waals surface area contributed by atoms with Crippen molar-refractivity contribution in [3.05, 3.63) is 60.0 Å². The van der Waals surface area contributed by atoms with Gasteiger partial charge in [0.2, 0.25) is 21.7 Å². The summed E-state index contributed by atoms with van der Waals surface area (Å²) in [6, 6.07) is 14.7. The number of hydrogen-bond donors (Lipinski definition) is 0. The Hall–Kier alpha value is -2.71. The van der Waals surface area contributed by atoms with Gasteiger partial charge in [0.25, 0.3) is 0 Å². The SMILES string of the molecule is CC(C)Oc1ccc(-c2noc(C3CCCN(S(=O)(=O)c4ccc(C(C)C)cc4)C3)n2)cc1. The molecule has 7 nitrogen and oxygen atoms in total. The molecule has 0 amide bonds.